The normalized spacial score (nSPS) is 10.1. The fourth-order valence-electron chi connectivity index (χ4n) is 1.28. The zero-order valence-corrected chi connectivity index (χ0v) is 8.14. The summed E-state index contributed by atoms with van der Waals surface area (Å²) in [5, 5.41) is 0. The number of hydrogen-bond acceptors (Lipinski definition) is 3. The highest BCUT2D eigenvalue weighted by atomic mass is 16.5. The molecule has 2 rings (SSSR count). The molecule has 14 heavy (non-hydrogen) atoms. The molecule has 0 amide bonds. The molecule has 4 nitrogen and oxygen atoms in total. The predicted octanol–water partition coefficient (Wildman–Crippen LogP) is 1.58. The summed E-state index contributed by atoms with van der Waals surface area (Å²) in [7, 11) is 1.64. The van der Waals surface area contributed by atoms with Crippen molar-refractivity contribution >= 4 is 0 Å². The fourth-order valence-corrected chi connectivity index (χ4v) is 1.28. The van der Waals surface area contributed by atoms with Gasteiger partial charge in [-0.25, -0.2) is 9.97 Å². The number of nitrogens with zero attached hydrogens (tertiary/aromatic N) is 3. The van der Waals surface area contributed by atoms with Gasteiger partial charge in [-0.2, -0.15) is 0 Å². The quantitative estimate of drug-likeness (QED) is 0.720. The van der Waals surface area contributed by atoms with Gasteiger partial charge in [-0.3, -0.25) is 4.57 Å². The molecule has 72 valence electrons. The van der Waals surface area contributed by atoms with Crippen molar-refractivity contribution in [2.75, 3.05) is 7.11 Å². The van der Waals surface area contributed by atoms with Gasteiger partial charge < -0.3 is 4.74 Å². The summed E-state index contributed by atoms with van der Waals surface area (Å²) in [5.41, 5.74) is 0. The van der Waals surface area contributed by atoms with E-state index in [4.69, 9.17) is 4.74 Å². The molecule has 0 saturated carbocycles. The Morgan fingerprint density at radius 2 is 2.14 bits per heavy atom. The first-order valence-electron chi connectivity index (χ1n) is 4.31. The van der Waals surface area contributed by atoms with Crippen LogP contribution >= 0.6 is 0 Å². The molecule has 0 saturated heterocycles. The van der Waals surface area contributed by atoms with E-state index in [1.54, 1.807) is 19.5 Å². The third-order valence-corrected chi connectivity index (χ3v) is 2.03. The van der Waals surface area contributed by atoms with Crippen LogP contribution in [0.4, 0.5) is 0 Å². The summed E-state index contributed by atoms with van der Waals surface area (Å²) in [6.07, 6.45) is 5.33. The van der Waals surface area contributed by atoms with Crippen molar-refractivity contribution in [3.05, 3.63) is 36.5 Å². The number of hydrogen-bond donors (Lipinski definition) is 0. The monoisotopic (exact) mass is 189 g/mol. The lowest BCUT2D eigenvalue weighted by Gasteiger charge is -2.05. The zero-order chi connectivity index (χ0) is 9.97. The molecule has 0 atom stereocenters. The summed E-state index contributed by atoms with van der Waals surface area (Å²) < 4.78 is 7.02. The third kappa shape index (κ3) is 1.46. The number of methoxy groups -OCH3 is 1. The van der Waals surface area contributed by atoms with Crippen LogP contribution in [0.25, 0.3) is 5.82 Å². The van der Waals surface area contributed by atoms with Crippen molar-refractivity contribution in [1.29, 1.82) is 0 Å². The number of rotatable bonds is 2. The first kappa shape index (κ1) is 8.74. The second kappa shape index (κ2) is 3.49. The maximum atomic E-state index is 5.12. The van der Waals surface area contributed by atoms with Crippen molar-refractivity contribution < 1.29 is 4.74 Å². The van der Waals surface area contributed by atoms with Crippen LogP contribution in [-0.2, 0) is 0 Å². The second-order valence-corrected chi connectivity index (χ2v) is 2.90. The predicted molar refractivity (Wildman–Crippen MR) is 52.6 cm³/mol. The Kier molecular flexibility index (Phi) is 2.18. The maximum Gasteiger partial charge on any atom is 0.141 e. The molecule has 0 spiro atoms. The van der Waals surface area contributed by atoms with Gasteiger partial charge in [-0.05, 0) is 13.0 Å². The number of aryl methyl sites for hydroxylation is 1. The molecule has 0 radical (unpaired) electrons. The van der Waals surface area contributed by atoms with Crippen LogP contribution in [0.2, 0.25) is 0 Å². The Balaban J connectivity index is 2.47. The molecule has 2 aromatic heterocycles. The van der Waals surface area contributed by atoms with Crippen LogP contribution in [0.3, 0.4) is 0 Å². The molecule has 4 heteroatoms. The lowest BCUT2D eigenvalue weighted by molar-refractivity contribution is 0.414. The average molecular weight is 189 g/mol. The summed E-state index contributed by atoms with van der Waals surface area (Å²) in [4.78, 5) is 8.36. The van der Waals surface area contributed by atoms with Gasteiger partial charge in [-0.15, -0.1) is 0 Å². The van der Waals surface area contributed by atoms with Crippen molar-refractivity contribution in [3.8, 4) is 11.6 Å². The Morgan fingerprint density at radius 1 is 1.29 bits per heavy atom. The molecule has 0 fully saturated rings. The SMILES string of the molecule is COc1ccnc(-n2ccnc2C)c1. The van der Waals surface area contributed by atoms with E-state index in [1.807, 2.05) is 29.8 Å². The fraction of sp³-hybridized carbons (Fsp3) is 0.200. The first-order chi connectivity index (χ1) is 6.81. The Morgan fingerprint density at radius 3 is 2.79 bits per heavy atom. The second-order valence-electron chi connectivity index (χ2n) is 2.90. The van der Waals surface area contributed by atoms with Gasteiger partial charge >= 0.3 is 0 Å². The van der Waals surface area contributed by atoms with Gasteiger partial charge in [0.15, 0.2) is 0 Å². The number of aromatic nitrogens is 3. The number of pyridine rings is 1. The molecule has 0 unspecified atom stereocenters. The summed E-state index contributed by atoms with van der Waals surface area (Å²) in [6.45, 7) is 1.93. The summed E-state index contributed by atoms with van der Waals surface area (Å²) in [6, 6.07) is 3.68. The van der Waals surface area contributed by atoms with E-state index >= 15 is 0 Å². The lowest BCUT2D eigenvalue weighted by atomic mass is 10.4. The van der Waals surface area contributed by atoms with E-state index in [-0.39, 0.29) is 0 Å². The van der Waals surface area contributed by atoms with Gasteiger partial charge in [0, 0.05) is 24.7 Å². The van der Waals surface area contributed by atoms with E-state index in [0.29, 0.717) is 0 Å². The van der Waals surface area contributed by atoms with Crippen LogP contribution in [-0.4, -0.2) is 21.6 Å². The standard InChI is InChI=1S/C10H11N3O/c1-8-11-5-6-13(8)10-7-9(14-2)3-4-12-10/h3-7H,1-2H3. The van der Waals surface area contributed by atoms with Gasteiger partial charge in [0.25, 0.3) is 0 Å². The Labute approximate surface area is 82.2 Å². The lowest BCUT2D eigenvalue weighted by Crippen LogP contribution is -1.98. The Bertz CT molecular complexity index is 436. The van der Waals surface area contributed by atoms with E-state index in [2.05, 4.69) is 9.97 Å². The summed E-state index contributed by atoms with van der Waals surface area (Å²) >= 11 is 0. The van der Waals surface area contributed by atoms with Crippen molar-refractivity contribution in [1.82, 2.24) is 14.5 Å². The largest absolute Gasteiger partial charge is 0.497 e. The zero-order valence-electron chi connectivity index (χ0n) is 8.14. The van der Waals surface area contributed by atoms with Crippen molar-refractivity contribution in [2.45, 2.75) is 6.92 Å². The van der Waals surface area contributed by atoms with Gasteiger partial charge in [-0.1, -0.05) is 0 Å². The minimum absolute atomic E-state index is 0.795. The van der Waals surface area contributed by atoms with E-state index < -0.39 is 0 Å². The maximum absolute atomic E-state index is 5.12. The van der Waals surface area contributed by atoms with Crippen molar-refractivity contribution in [2.24, 2.45) is 0 Å². The molecule has 2 aromatic rings. The van der Waals surface area contributed by atoms with Crippen LogP contribution in [0.15, 0.2) is 30.7 Å². The number of ether oxygens (including phenoxy) is 1. The van der Waals surface area contributed by atoms with Crippen LogP contribution in [0.1, 0.15) is 5.82 Å². The van der Waals surface area contributed by atoms with Crippen LogP contribution in [0, 0.1) is 6.92 Å². The molecular weight excluding hydrogens is 178 g/mol. The van der Waals surface area contributed by atoms with Gasteiger partial charge in [0.05, 0.1) is 7.11 Å². The Hall–Kier alpha value is -1.84. The van der Waals surface area contributed by atoms with E-state index in [1.165, 1.54) is 0 Å². The highest BCUT2D eigenvalue weighted by Gasteiger charge is 2.02. The molecule has 0 bridgehead atoms. The third-order valence-electron chi connectivity index (χ3n) is 2.03. The topological polar surface area (TPSA) is 39.9 Å². The highest BCUT2D eigenvalue weighted by molar-refractivity contribution is 5.32. The first-order valence-corrected chi connectivity index (χ1v) is 4.31. The summed E-state index contributed by atoms with van der Waals surface area (Å²) in [5.74, 6) is 2.52. The molecule has 0 N–H and O–H groups in total. The van der Waals surface area contributed by atoms with Gasteiger partial charge in [0.2, 0.25) is 0 Å². The average Bonchev–Trinajstić information content (AvgIpc) is 2.65. The molecule has 0 aliphatic heterocycles. The molecular formula is C10H11N3O. The van der Waals surface area contributed by atoms with E-state index in [0.717, 1.165) is 17.4 Å². The van der Waals surface area contributed by atoms with E-state index in [9.17, 15) is 0 Å². The number of imidazole rings is 1. The molecule has 0 aromatic carbocycles. The smallest absolute Gasteiger partial charge is 0.141 e. The van der Waals surface area contributed by atoms with Crippen LogP contribution < -0.4 is 4.74 Å². The highest BCUT2D eigenvalue weighted by Crippen LogP contribution is 2.14. The van der Waals surface area contributed by atoms with Gasteiger partial charge in [0.1, 0.15) is 17.4 Å². The van der Waals surface area contributed by atoms with Crippen LogP contribution in [0.5, 0.6) is 5.75 Å². The molecule has 0 aliphatic carbocycles. The minimum Gasteiger partial charge on any atom is -0.497 e. The molecule has 0 aliphatic rings. The minimum atomic E-state index is 0.795. The molecule has 2 heterocycles. The van der Waals surface area contributed by atoms with Crippen molar-refractivity contribution in [3.63, 3.8) is 0 Å².